The van der Waals surface area contributed by atoms with Gasteiger partial charge in [-0.25, -0.2) is 0 Å². The molecule has 0 spiro atoms. The molecule has 0 radical (unpaired) electrons. The predicted octanol–water partition coefficient (Wildman–Crippen LogP) is 4.25. The number of hydrogen-bond donors (Lipinski definition) is 0. The summed E-state index contributed by atoms with van der Waals surface area (Å²) in [6.45, 7) is 15.8. The minimum Gasteiger partial charge on any atom is -0.303 e. The maximum atomic E-state index is 8.26. The molecule has 0 aromatic carbocycles. The van der Waals surface area contributed by atoms with Crippen molar-refractivity contribution in [1.82, 2.24) is 9.80 Å². The van der Waals surface area contributed by atoms with E-state index in [1.807, 2.05) is 0 Å². The molecule has 0 amide bonds. The number of rotatable bonds is 0. The molecule has 2 aliphatic heterocycles. The molecule has 2 rings (SSSR count). The van der Waals surface area contributed by atoms with E-state index in [1.165, 1.54) is 25.8 Å². The second-order valence-corrected chi connectivity index (χ2v) is 8.73. The zero-order chi connectivity index (χ0) is 16.5. The van der Waals surface area contributed by atoms with Crippen LogP contribution in [-0.4, -0.2) is 49.0 Å². The van der Waals surface area contributed by atoms with Crippen LogP contribution in [0, 0.1) is 10.8 Å². The normalized spacial score (nSPS) is 30.7. The van der Waals surface area contributed by atoms with E-state index >= 15 is 0 Å². The van der Waals surface area contributed by atoms with Gasteiger partial charge < -0.3 is 9.80 Å². The van der Waals surface area contributed by atoms with Gasteiger partial charge in [-0.15, -0.1) is 0 Å². The van der Waals surface area contributed by atoms with Gasteiger partial charge in [0.15, 0.2) is 0 Å². The first-order valence-corrected chi connectivity index (χ1v) is 8.31. The molecule has 0 aromatic heterocycles. The molecule has 2 unspecified atom stereocenters. The molecule has 22 heavy (non-hydrogen) atoms. The fourth-order valence-electron chi connectivity index (χ4n) is 3.76. The average Bonchev–Trinajstić information content (AvgIpc) is 2.86. The largest absolute Gasteiger partial charge is 0.303 e. The van der Waals surface area contributed by atoms with Gasteiger partial charge in [-0.2, -0.15) is 0 Å². The van der Waals surface area contributed by atoms with Crippen molar-refractivity contribution in [2.24, 2.45) is 10.8 Å². The molecule has 4 heteroatoms. The minimum absolute atomic E-state index is 0. The first-order valence-electron chi connectivity index (χ1n) is 8.81. The van der Waals surface area contributed by atoms with E-state index in [0.29, 0.717) is 5.41 Å². The fraction of sp³-hybridized carbons (Fsp3) is 1.00. The maximum absolute atomic E-state index is 8.26. The molecule has 0 aromatic rings. The van der Waals surface area contributed by atoms with Crippen LogP contribution in [0.2, 0.25) is 0 Å². The minimum atomic E-state index is -0.326. The van der Waals surface area contributed by atoms with E-state index in [4.69, 9.17) is 1.37 Å². The van der Waals surface area contributed by atoms with Gasteiger partial charge in [0.25, 0.3) is 0 Å². The third-order valence-corrected chi connectivity index (χ3v) is 4.75. The van der Waals surface area contributed by atoms with Gasteiger partial charge in [-0.05, 0) is 63.7 Å². The van der Waals surface area contributed by atoms with Gasteiger partial charge in [-0.3, -0.25) is 0 Å². The molecule has 2 heterocycles. The van der Waals surface area contributed by atoms with Crippen molar-refractivity contribution in [1.29, 1.82) is 0 Å². The molecule has 2 nitrogen and oxygen atoms in total. The van der Waals surface area contributed by atoms with Crippen molar-refractivity contribution in [3.63, 3.8) is 0 Å². The molecule has 2 atom stereocenters. The van der Waals surface area contributed by atoms with Gasteiger partial charge >= 0.3 is 0 Å². The SMILES string of the molecule is CN1CCCC1C(C)(C)C.[2H]C1(C(C)(C)C)CCCN1C.[W].[W]. The van der Waals surface area contributed by atoms with E-state index in [0.717, 1.165) is 19.0 Å². The summed E-state index contributed by atoms with van der Waals surface area (Å²) >= 11 is 0. The Balaban J connectivity index is 0. The van der Waals surface area contributed by atoms with Crippen molar-refractivity contribution in [2.75, 3.05) is 27.2 Å². The Hall–Kier alpha value is 1.30. The summed E-state index contributed by atoms with van der Waals surface area (Å²) in [5.41, 5.74) is 0.559. The van der Waals surface area contributed by atoms with Crippen molar-refractivity contribution < 1.29 is 43.5 Å². The zero-order valence-electron chi connectivity index (χ0n) is 17.0. The zero-order valence-corrected chi connectivity index (χ0v) is 21.9. The van der Waals surface area contributed by atoms with Gasteiger partial charge in [0, 0.05) is 55.6 Å². The van der Waals surface area contributed by atoms with Crippen LogP contribution in [0.25, 0.3) is 0 Å². The van der Waals surface area contributed by atoms with E-state index in [-0.39, 0.29) is 53.6 Å². The summed E-state index contributed by atoms with van der Waals surface area (Å²) in [6.07, 6.45) is 4.97. The summed E-state index contributed by atoms with van der Waals surface area (Å²) in [6, 6.07) is 0.486. The van der Waals surface area contributed by atoms with Gasteiger partial charge in [0.1, 0.15) is 0 Å². The first kappa shape index (κ1) is 23.3. The second-order valence-electron chi connectivity index (χ2n) is 8.73. The monoisotopic (exact) mass is 651 g/mol. The maximum Gasteiger partial charge on any atom is 0.0473 e. The van der Waals surface area contributed by atoms with Crippen molar-refractivity contribution in [3.8, 4) is 0 Å². The fourth-order valence-corrected chi connectivity index (χ4v) is 3.76. The molecule has 0 aliphatic carbocycles. The van der Waals surface area contributed by atoms with Crippen molar-refractivity contribution in [3.05, 3.63) is 0 Å². The van der Waals surface area contributed by atoms with Crippen LogP contribution in [0.1, 0.15) is 68.6 Å². The standard InChI is InChI=1S/2C9H19N.2W/c2*1-9(2,3)8-6-5-7-10(8)4;;/h2*8H,5-7H2,1-4H3;;/i8D;;;. The third-order valence-electron chi connectivity index (χ3n) is 4.75. The summed E-state index contributed by atoms with van der Waals surface area (Å²) in [7, 11) is 4.30. The Morgan fingerprint density at radius 3 is 1.41 bits per heavy atom. The summed E-state index contributed by atoms with van der Waals surface area (Å²) in [5.74, 6) is 0. The summed E-state index contributed by atoms with van der Waals surface area (Å²) in [4.78, 5) is 4.66. The van der Waals surface area contributed by atoms with Crippen LogP contribution >= 0.6 is 0 Å². The smallest absolute Gasteiger partial charge is 0.0473 e. The van der Waals surface area contributed by atoms with E-state index in [9.17, 15) is 0 Å². The van der Waals surface area contributed by atoms with Gasteiger partial charge in [0.05, 0.1) is 0 Å². The first-order chi connectivity index (χ1) is 9.39. The Labute approximate surface area is 170 Å². The topological polar surface area (TPSA) is 6.48 Å². The van der Waals surface area contributed by atoms with Crippen LogP contribution in [0.4, 0.5) is 0 Å². The molecule has 132 valence electrons. The number of hydrogen-bond acceptors (Lipinski definition) is 2. The van der Waals surface area contributed by atoms with Crippen LogP contribution in [0.5, 0.6) is 0 Å². The average molecular weight is 651 g/mol. The molecule has 2 fully saturated rings. The molecule has 2 aliphatic rings. The molecular weight excluding hydrogens is 612 g/mol. The number of nitrogens with zero attached hydrogens (tertiary/aromatic N) is 2. The molecular formula is C18H38N2W2. The van der Waals surface area contributed by atoms with Gasteiger partial charge in [-0.1, -0.05) is 41.5 Å². The predicted molar refractivity (Wildman–Crippen MR) is 90.2 cm³/mol. The van der Waals surface area contributed by atoms with Crippen LogP contribution in [-0.2, 0) is 42.1 Å². The molecule has 0 N–H and O–H groups in total. The Morgan fingerprint density at radius 1 is 0.773 bits per heavy atom. The van der Waals surface area contributed by atoms with Crippen molar-refractivity contribution >= 4 is 0 Å². The Morgan fingerprint density at radius 2 is 1.23 bits per heavy atom. The van der Waals surface area contributed by atoms with Crippen LogP contribution in [0.3, 0.4) is 0 Å². The molecule has 0 bridgehead atoms. The van der Waals surface area contributed by atoms with E-state index < -0.39 is 0 Å². The number of likely N-dealkylation sites (tertiary alicyclic amines) is 2. The van der Waals surface area contributed by atoms with Crippen LogP contribution in [0.15, 0.2) is 0 Å². The van der Waals surface area contributed by atoms with Crippen LogP contribution < -0.4 is 0 Å². The van der Waals surface area contributed by atoms with Crippen molar-refractivity contribution in [2.45, 2.75) is 79.3 Å². The Kier molecular flexibility index (Phi) is 10.9. The van der Waals surface area contributed by atoms with E-state index in [2.05, 4.69) is 65.4 Å². The summed E-state index contributed by atoms with van der Waals surface area (Å²) < 4.78 is 8.26. The molecule has 2 saturated heterocycles. The Bertz CT molecular complexity index is 339. The van der Waals surface area contributed by atoms with E-state index in [1.54, 1.807) is 0 Å². The third kappa shape index (κ3) is 7.91. The summed E-state index contributed by atoms with van der Waals surface area (Å²) in [5, 5.41) is 0. The quantitative estimate of drug-likeness (QED) is 0.387. The second kappa shape index (κ2) is 10.3. The molecule has 0 saturated carbocycles. The van der Waals surface area contributed by atoms with Gasteiger partial charge in [0.2, 0.25) is 0 Å².